The number of hydrogen-bond acceptors (Lipinski definition) is 2. The second kappa shape index (κ2) is 5.57. The third kappa shape index (κ3) is 3.05. The fourth-order valence-corrected chi connectivity index (χ4v) is 1.10. The fraction of sp³-hybridized carbons (Fsp3) is 0.545. The van der Waals surface area contributed by atoms with Gasteiger partial charge in [0.15, 0.2) is 0 Å². The van der Waals surface area contributed by atoms with Gasteiger partial charge in [-0.3, -0.25) is 4.79 Å². The molecule has 0 bridgehead atoms. The summed E-state index contributed by atoms with van der Waals surface area (Å²) in [6, 6.07) is 0. The summed E-state index contributed by atoms with van der Waals surface area (Å²) < 4.78 is 0. The molecule has 0 aromatic heterocycles. The molecule has 0 saturated carbocycles. The number of aldehydes is 1. The molecule has 0 fully saturated rings. The molecule has 0 spiro atoms. The summed E-state index contributed by atoms with van der Waals surface area (Å²) in [6.45, 7) is 7.99. The maximum Gasteiger partial charge on any atom is 0.147 e. The molecule has 0 aromatic carbocycles. The zero-order valence-corrected chi connectivity index (χ0v) is 9.22. The Hall–Kier alpha value is -1.05. The predicted octanol–water partition coefficient (Wildman–Crippen LogP) is 2.72. The highest BCUT2D eigenvalue weighted by atomic mass is 16.1. The summed E-state index contributed by atoms with van der Waals surface area (Å²) in [5.41, 5.74) is 3.06. The van der Waals surface area contributed by atoms with Gasteiger partial charge in [0.2, 0.25) is 0 Å². The van der Waals surface area contributed by atoms with Crippen molar-refractivity contribution in [3.8, 4) is 0 Å². The maximum absolute atomic E-state index is 10.7. The number of carbonyl (C=O) groups excluding carboxylic acids is 1. The summed E-state index contributed by atoms with van der Waals surface area (Å²) in [7, 11) is 1.98. The van der Waals surface area contributed by atoms with E-state index in [1.807, 2.05) is 45.7 Å². The zero-order valence-electron chi connectivity index (χ0n) is 9.22. The fourth-order valence-electron chi connectivity index (χ4n) is 1.10. The molecule has 0 unspecified atom stereocenters. The molecule has 2 nitrogen and oxygen atoms in total. The van der Waals surface area contributed by atoms with E-state index in [0.717, 1.165) is 29.7 Å². The summed E-state index contributed by atoms with van der Waals surface area (Å²) in [4.78, 5) is 12.7. The van der Waals surface area contributed by atoms with Crippen LogP contribution in [0, 0.1) is 0 Å². The van der Waals surface area contributed by atoms with Crippen molar-refractivity contribution in [3.63, 3.8) is 0 Å². The quantitative estimate of drug-likeness (QED) is 0.491. The van der Waals surface area contributed by atoms with Crippen LogP contribution in [0.1, 0.15) is 34.1 Å². The average molecular weight is 181 g/mol. The Morgan fingerprint density at radius 1 is 1.38 bits per heavy atom. The summed E-state index contributed by atoms with van der Waals surface area (Å²) >= 11 is 0. The molecule has 0 amide bonds. The molecule has 0 aliphatic rings. The Balaban J connectivity index is 4.84. The van der Waals surface area contributed by atoms with E-state index < -0.39 is 0 Å². The van der Waals surface area contributed by atoms with Crippen LogP contribution in [0.25, 0.3) is 0 Å². The van der Waals surface area contributed by atoms with Gasteiger partial charge in [-0.25, -0.2) is 0 Å². The van der Waals surface area contributed by atoms with Crippen molar-refractivity contribution in [1.82, 2.24) is 4.90 Å². The van der Waals surface area contributed by atoms with Crippen molar-refractivity contribution < 1.29 is 4.79 Å². The second-order valence-electron chi connectivity index (χ2n) is 3.07. The Morgan fingerprint density at radius 3 is 2.23 bits per heavy atom. The lowest BCUT2D eigenvalue weighted by Crippen LogP contribution is -2.15. The molecule has 0 saturated heterocycles. The molecule has 0 N–H and O–H groups in total. The highest BCUT2D eigenvalue weighted by Gasteiger charge is 2.05. The summed E-state index contributed by atoms with van der Waals surface area (Å²) in [5.74, 6) is 0. The van der Waals surface area contributed by atoms with Crippen molar-refractivity contribution in [2.75, 3.05) is 7.05 Å². The zero-order chi connectivity index (χ0) is 10.4. The molecule has 74 valence electrons. The van der Waals surface area contributed by atoms with Crippen LogP contribution in [0.3, 0.4) is 0 Å². The van der Waals surface area contributed by atoms with Gasteiger partial charge < -0.3 is 4.90 Å². The van der Waals surface area contributed by atoms with Crippen LogP contribution in [-0.4, -0.2) is 18.2 Å². The van der Waals surface area contributed by atoms with Gasteiger partial charge in [0.25, 0.3) is 0 Å². The van der Waals surface area contributed by atoms with Crippen LogP contribution in [0.4, 0.5) is 0 Å². The Bertz CT molecular complexity index is 238. The molecule has 0 atom stereocenters. The highest BCUT2D eigenvalue weighted by molar-refractivity contribution is 5.74. The first-order chi connectivity index (χ1) is 6.08. The van der Waals surface area contributed by atoms with Gasteiger partial charge in [-0.15, -0.1) is 0 Å². The number of allylic oxidation sites excluding steroid dienone is 4. The van der Waals surface area contributed by atoms with Gasteiger partial charge in [-0.1, -0.05) is 13.0 Å². The van der Waals surface area contributed by atoms with E-state index in [1.54, 1.807) is 0 Å². The standard InChI is InChI=1S/C11H19NO/c1-6-9(3)12(5)10(4)11(7-2)8-13/h6,8H,7H2,1-5H3/b9-6+,11-10+. The van der Waals surface area contributed by atoms with Crippen LogP contribution in [-0.2, 0) is 4.79 Å². The SMILES string of the molecule is C/C=C(\C)N(C)/C(C)=C(/C=O)CC. The molecule has 0 radical (unpaired) electrons. The third-order valence-electron chi connectivity index (χ3n) is 2.44. The Kier molecular flexibility index (Phi) is 5.12. The van der Waals surface area contributed by atoms with Crippen LogP contribution in [0.5, 0.6) is 0 Å². The third-order valence-corrected chi connectivity index (χ3v) is 2.44. The first-order valence-electron chi connectivity index (χ1n) is 4.60. The van der Waals surface area contributed by atoms with E-state index in [9.17, 15) is 4.79 Å². The van der Waals surface area contributed by atoms with E-state index in [1.165, 1.54) is 0 Å². The summed E-state index contributed by atoms with van der Waals surface area (Å²) in [5, 5.41) is 0. The maximum atomic E-state index is 10.7. The van der Waals surface area contributed by atoms with Gasteiger partial charge in [0, 0.05) is 24.0 Å². The van der Waals surface area contributed by atoms with Crippen LogP contribution in [0.2, 0.25) is 0 Å². The van der Waals surface area contributed by atoms with Gasteiger partial charge >= 0.3 is 0 Å². The first-order valence-corrected chi connectivity index (χ1v) is 4.60. The van der Waals surface area contributed by atoms with E-state index in [4.69, 9.17) is 0 Å². The minimum atomic E-state index is 0.788. The van der Waals surface area contributed by atoms with E-state index in [0.29, 0.717) is 0 Å². The molecular weight excluding hydrogens is 162 g/mol. The first kappa shape index (κ1) is 11.9. The minimum Gasteiger partial charge on any atom is -0.352 e. The van der Waals surface area contributed by atoms with Crippen molar-refractivity contribution >= 4 is 6.29 Å². The van der Waals surface area contributed by atoms with Gasteiger partial charge in [0.1, 0.15) is 6.29 Å². The van der Waals surface area contributed by atoms with Crippen LogP contribution < -0.4 is 0 Å². The highest BCUT2D eigenvalue weighted by Crippen LogP contribution is 2.14. The number of nitrogens with zero attached hydrogens (tertiary/aromatic N) is 1. The molecule has 0 aliphatic heterocycles. The van der Waals surface area contributed by atoms with Crippen molar-refractivity contribution in [1.29, 1.82) is 0 Å². The Labute approximate surface area is 80.9 Å². The average Bonchev–Trinajstić information content (AvgIpc) is 2.17. The van der Waals surface area contributed by atoms with Crippen molar-refractivity contribution in [2.24, 2.45) is 0 Å². The lowest BCUT2D eigenvalue weighted by atomic mass is 10.1. The van der Waals surface area contributed by atoms with Gasteiger partial charge in [-0.2, -0.15) is 0 Å². The Morgan fingerprint density at radius 2 is 1.92 bits per heavy atom. The van der Waals surface area contributed by atoms with Crippen molar-refractivity contribution in [2.45, 2.75) is 34.1 Å². The van der Waals surface area contributed by atoms with Crippen LogP contribution in [0.15, 0.2) is 23.0 Å². The molecular formula is C11H19NO. The van der Waals surface area contributed by atoms with E-state index in [-0.39, 0.29) is 0 Å². The summed E-state index contributed by atoms with van der Waals surface area (Å²) in [6.07, 6.45) is 3.76. The van der Waals surface area contributed by atoms with Crippen molar-refractivity contribution in [3.05, 3.63) is 23.0 Å². The lowest BCUT2D eigenvalue weighted by Gasteiger charge is -2.22. The van der Waals surface area contributed by atoms with Gasteiger partial charge in [0.05, 0.1) is 0 Å². The monoisotopic (exact) mass is 181 g/mol. The molecule has 0 heterocycles. The van der Waals surface area contributed by atoms with Gasteiger partial charge in [-0.05, 0) is 27.2 Å². The normalized spacial score (nSPS) is 13.8. The number of rotatable bonds is 4. The molecule has 0 aliphatic carbocycles. The predicted molar refractivity (Wildman–Crippen MR) is 56.2 cm³/mol. The molecule has 2 heteroatoms. The van der Waals surface area contributed by atoms with E-state index >= 15 is 0 Å². The number of hydrogen-bond donors (Lipinski definition) is 0. The van der Waals surface area contributed by atoms with E-state index in [2.05, 4.69) is 0 Å². The lowest BCUT2D eigenvalue weighted by molar-refractivity contribution is -0.105. The topological polar surface area (TPSA) is 20.3 Å². The van der Waals surface area contributed by atoms with Crippen LogP contribution >= 0.6 is 0 Å². The molecule has 0 rings (SSSR count). The molecule has 0 aromatic rings. The largest absolute Gasteiger partial charge is 0.352 e. The molecule has 13 heavy (non-hydrogen) atoms. The minimum absolute atomic E-state index is 0.788. The number of carbonyl (C=O) groups is 1. The second-order valence-corrected chi connectivity index (χ2v) is 3.07. The smallest absolute Gasteiger partial charge is 0.147 e.